The van der Waals surface area contributed by atoms with Crippen LogP contribution in [0.5, 0.6) is 0 Å². The molecule has 3 atom stereocenters. The number of ether oxygens (including phenoxy) is 1. The Morgan fingerprint density at radius 2 is 2.42 bits per heavy atom. The molecule has 12 heavy (non-hydrogen) atoms. The van der Waals surface area contributed by atoms with Gasteiger partial charge in [-0.2, -0.15) is 0 Å². The van der Waals surface area contributed by atoms with Crippen molar-refractivity contribution in [3.63, 3.8) is 0 Å². The van der Waals surface area contributed by atoms with Crippen molar-refractivity contribution in [2.24, 2.45) is 11.8 Å². The van der Waals surface area contributed by atoms with Gasteiger partial charge in [-0.1, -0.05) is 0 Å². The fourth-order valence-electron chi connectivity index (χ4n) is 1.83. The molecule has 1 heterocycles. The van der Waals surface area contributed by atoms with E-state index in [2.05, 4.69) is 5.32 Å². The number of carbonyl (C=O) groups excluding carboxylic acids is 1. The molecule has 2 fully saturated rings. The van der Waals surface area contributed by atoms with Gasteiger partial charge in [0.25, 0.3) is 0 Å². The van der Waals surface area contributed by atoms with Crippen molar-refractivity contribution in [1.29, 1.82) is 0 Å². The van der Waals surface area contributed by atoms with Crippen molar-refractivity contribution >= 4 is 18.4 Å². The fourth-order valence-corrected chi connectivity index (χ4v) is 1.83. The van der Waals surface area contributed by atoms with E-state index in [0.717, 1.165) is 12.5 Å². The highest BCUT2D eigenvalue weighted by molar-refractivity contribution is 5.85. The predicted molar refractivity (Wildman–Crippen MR) is 47.3 cm³/mol. The predicted octanol–water partition coefficient (Wildman–Crippen LogP) is 0.579. The summed E-state index contributed by atoms with van der Waals surface area (Å²) in [7, 11) is 0. The third kappa shape index (κ3) is 1.57. The molecular weight excluding hydrogens is 178 g/mol. The third-order valence-electron chi connectivity index (χ3n) is 2.55. The number of rotatable bonds is 2. The van der Waals surface area contributed by atoms with E-state index >= 15 is 0 Å². The average Bonchev–Trinajstić information content (AvgIpc) is 2.63. The van der Waals surface area contributed by atoms with Crippen molar-refractivity contribution < 1.29 is 9.53 Å². The van der Waals surface area contributed by atoms with Crippen LogP contribution in [0.1, 0.15) is 13.3 Å². The van der Waals surface area contributed by atoms with Crippen LogP contribution in [0.4, 0.5) is 0 Å². The Morgan fingerprint density at radius 1 is 1.67 bits per heavy atom. The quantitative estimate of drug-likeness (QED) is 0.649. The number of esters is 1. The fraction of sp³-hybridized carbons (Fsp3) is 0.875. The van der Waals surface area contributed by atoms with E-state index < -0.39 is 0 Å². The van der Waals surface area contributed by atoms with Gasteiger partial charge in [0.2, 0.25) is 0 Å². The Kier molecular flexibility index (Phi) is 2.96. The lowest BCUT2D eigenvalue weighted by Gasteiger charge is -2.10. The molecular formula is C8H14ClNO2. The van der Waals surface area contributed by atoms with Gasteiger partial charge in [0.15, 0.2) is 0 Å². The topological polar surface area (TPSA) is 38.3 Å². The van der Waals surface area contributed by atoms with E-state index in [1.54, 1.807) is 0 Å². The van der Waals surface area contributed by atoms with Crippen molar-refractivity contribution in [2.45, 2.75) is 19.4 Å². The molecule has 0 aromatic rings. The standard InChI is InChI=1S/C8H13NO2.ClH/c1-2-11-8(10)7-6-3-5(6)4-9-7;/h5-7,9H,2-4H2,1H3;1H/t5-,6-,7+;/m0./s1. The van der Waals surface area contributed by atoms with Crippen LogP contribution in [-0.4, -0.2) is 25.2 Å². The first-order valence-electron chi connectivity index (χ1n) is 4.23. The second-order valence-corrected chi connectivity index (χ2v) is 3.30. The van der Waals surface area contributed by atoms with Gasteiger partial charge in [-0.25, -0.2) is 0 Å². The minimum absolute atomic E-state index is 0. The summed E-state index contributed by atoms with van der Waals surface area (Å²) in [6, 6.07) is 0.0138. The molecule has 0 radical (unpaired) electrons. The number of hydrogen-bond acceptors (Lipinski definition) is 3. The summed E-state index contributed by atoms with van der Waals surface area (Å²) in [6.07, 6.45) is 1.22. The first-order chi connectivity index (χ1) is 5.33. The van der Waals surface area contributed by atoms with E-state index in [-0.39, 0.29) is 24.4 Å². The van der Waals surface area contributed by atoms with Crippen molar-refractivity contribution in [1.82, 2.24) is 5.32 Å². The van der Waals surface area contributed by atoms with Gasteiger partial charge in [0, 0.05) is 0 Å². The Balaban J connectivity index is 0.000000720. The highest BCUT2D eigenvalue weighted by Crippen LogP contribution is 2.45. The van der Waals surface area contributed by atoms with Gasteiger partial charge >= 0.3 is 5.97 Å². The van der Waals surface area contributed by atoms with Gasteiger partial charge in [0.1, 0.15) is 6.04 Å². The molecule has 2 rings (SSSR count). The van der Waals surface area contributed by atoms with Crippen LogP contribution in [0, 0.1) is 11.8 Å². The van der Waals surface area contributed by atoms with Crippen LogP contribution in [0.3, 0.4) is 0 Å². The van der Waals surface area contributed by atoms with Crippen molar-refractivity contribution in [2.75, 3.05) is 13.2 Å². The maximum Gasteiger partial charge on any atom is 0.323 e. The second-order valence-electron chi connectivity index (χ2n) is 3.30. The molecule has 3 nitrogen and oxygen atoms in total. The number of carbonyl (C=O) groups is 1. The number of hydrogen-bond donors (Lipinski definition) is 1. The summed E-state index contributed by atoms with van der Waals surface area (Å²) in [5.41, 5.74) is 0. The summed E-state index contributed by atoms with van der Waals surface area (Å²) >= 11 is 0. The van der Waals surface area contributed by atoms with E-state index in [0.29, 0.717) is 12.5 Å². The molecule has 0 unspecified atom stereocenters. The number of halogens is 1. The van der Waals surface area contributed by atoms with Crippen LogP contribution in [-0.2, 0) is 9.53 Å². The molecule has 0 aromatic heterocycles. The second kappa shape index (κ2) is 3.62. The molecule has 1 aliphatic heterocycles. The SMILES string of the molecule is CCOC(=O)[C@@H]1NC[C@@H]2C[C@@H]21.Cl. The smallest absolute Gasteiger partial charge is 0.323 e. The lowest BCUT2D eigenvalue weighted by Crippen LogP contribution is -2.36. The molecule has 4 heteroatoms. The Morgan fingerprint density at radius 3 is 2.83 bits per heavy atom. The molecule has 1 saturated heterocycles. The zero-order valence-electron chi connectivity index (χ0n) is 7.08. The highest BCUT2D eigenvalue weighted by atomic mass is 35.5. The first kappa shape index (κ1) is 9.81. The molecule has 0 bridgehead atoms. The van der Waals surface area contributed by atoms with Gasteiger partial charge in [0.05, 0.1) is 6.61 Å². The van der Waals surface area contributed by atoms with Crippen LogP contribution in [0.15, 0.2) is 0 Å². The van der Waals surface area contributed by atoms with E-state index in [4.69, 9.17) is 4.74 Å². The average molecular weight is 192 g/mol. The molecule has 0 spiro atoms. The van der Waals surface area contributed by atoms with E-state index in [9.17, 15) is 4.79 Å². The summed E-state index contributed by atoms with van der Waals surface area (Å²) in [5.74, 6) is 1.30. The first-order valence-corrected chi connectivity index (χ1v) is 4.23. The summed E-state index contributed by atoms with van der Waals surface area (Å²) in [5, 5.41) is 3.17. The Labute approximate surface area is 78.3 Å². The van der Waals surface area contributed by atoms with Crippen molar-refractivity contribution in [3.8, 4) is 0 Å². The summed E-state index contributed by atoms with van der Waals surface area (Å²) < 4.78 is 4.92. The molecule has 1 aliphatic carbocycles. The maximum absolute atomic E-state index is 11.2. The number of piperidine rings is 1. The molecule has 2 aliphatic rings. The zero-order chi connectivity index (χ0) is 7.84. The van der Waals surface area contributed by atoms with Crippen LogP contribution >= 0.6 is 12.4 Å². The van der Waals surface area contributed by atoms with Crippen LogP contribution in [0.2, 0.25) is 0 Å². The number of nitrogens with one attached hydrogen (secondary N) is 1. The minimum Gasteiger partial charge on any atom is -0.465 e. The summed E-state index contributed by atoms with van der Waals surface area (Å²) in [4.78, 5) is 11.2. The third-order valence-corrected chi connectivity index (χ3v) is 2.55. The largest absolute Gasteiger partial charge is 0.465 e. The van der Waals surface area contributed by atoms with Gasteiger partial charge in [-0.15, -0.1) is 12.4 Å². The zero-order valence-corrected chi connectivity index (χ0v) is 7.89. The monoisotopic (exact) mass is 191 g/mol. The van der Waals surface area contributed by atoms with Gasteiger partial charge in [-0.3, -0.25) is 4.79 Å². The lowest BCUT2D eigenvalue weighted by atomic mass is 10.2. The maximum atomic E-state index is 11.2. The van der Waals surface area contributed by atoms with Crippen LogP contribution < -0.4 is 5.32 Å². The van der Waals surface area contributed by atoms with Crippen molar-refractivity contribution in [3.05, 3.63) is 0 Å². The van der Waals surface area contributed by atoms with E-state index in [1.165, 1.54) is 6.42 Å². The van der Waals surface area contributed by atoms with Crippen LogP contribution in [0.25, 0.3) is 0 Å². The Bertz CT molecular complexity index is 186. The van der Waals surface area contributed by atoms with E-state index in [1.807, 2.05) is 6.92 Å². The molecule has 70 valence electrons. The number of fused-ring (bicyclic) bond motifs is 1. The van der Waals surface area contributed by atoms with Gasteiger partial charge < -0.3 is 10.1 Å². The normalized spacial score (nSPS) is 36.6. The summed E-state index contributed by atoms with van der Waals surface area (Å²) in [6.45, 7) is 3.35. The lowest BCUT2D eigenvalue weighted by molar-refractivity contribution is -0.145. The highest BCUT2D eigenvalue weighted by Gasteiger charge is 2.51. The minimum atomic E-state index is -0.0579. The molecule has 1 saturated carbocycles. The molecule has 1 N–H and O–H groups in total. The van der Waals surface area contributed by atoms with Gasteiger partial charge in [-0.05, 0) is 31.7 Å². The molecule has 0 aromatic carbocycles. The Hall–Kier alpha value is -0.280. The molecule has 0 amide bonds.